The zero-order valence-corrected chi connectivity index (χ0v) is 17.3. The van der Waals surface area contributed by atoms with Crippen molar-refractivity contribution in [1.29, 1.82) is 0 Å². The Morgan fingerprint density at radius 3 is 2.53 bits per heavy atom. The van der Waals surface area contributed by atoms with Crippen molar-refractivity contribution >= 4 is 22.9 Å². The second-order valence-corrected chi connectivity index (χ2v) is 7.85. The van der Waals surface area contributed by atoms with Crippen molar-refractivity contribution in [3.05, 3.63) is 46.7 Å². The lowest BCUT2D eigenvalue weighted by Gasteiger charge is -2.34. The molecule has 1 aromatic heterocycles. The van der Waals surface area contributed by atoms with Crippen LogP contribution in [0.15, 0.2) is 41.8 Å². The molecule has 30 heavy (non-hydrogen) atoms. The molecule has 1 aliphatic heterocycles. The summed E-state index contributed by atoms with van der Waals surface area (Å²) in [5, 5.41) is 8.00. The first kappa shape index (κ1) is 22.5. The molecule has 2 atom stereocenters. The van der Waals surface area contributed by atoms with Crippen molar-refractivity contribution in [2.75, 3.05) is 38.2 Å². The van der Waals surface area contributed by atoms with Crippen LogP contribution in [0.5, 0.6) is 5.75 Å². The molecule has 2 N–H and O–H groups in total. The van der Waals surface area contributed by atoms with E-state index in [4.69, 9.17) is 4.74 Å². The van der Waals surface area contributed by atoms with Crippen molar-refractivity contribution in [1.82, 2.24) is 10.2 Å². The van der Waals surface area contributed by atoms with E-state index < -0.39 is 12.4 Å². The molecular formula is C20H24F3N3O3S. The molecule has 0 radical (unpaired) electrons. The lowest BCUT2D eigenvalue weighted by molar-refractivity contribution is -0.274. The highest BCUT2D eigenvalue weighted by molar-refractivity contribution is 7.10. The average Bonchev–Trinajstić information content (AvgIpc) is 3.23. The van der Waals surface area contributed by atoms with Gasteiger partial charge in [-0.15, -0.1) is 24.5 Å². The van der Waals surface area contributed by atoms with Crippen LogP contribution in [0.1, 0.15) is 17.8 Å². The van der Waals surface area contributed by atoms with Crippen LogP contribution in [0.2, 0.25) is 0 Å². The zero-order valence-electron chi connectivity index (χ0n) is 16.4. The predicted molar refractivity (Wildman–Crippen MR) is 109 cm³/mol. The highest BCUT2D eigenvalue weighted by atomic mass is 32.1. The molecular weight excluding hydrogens is 419 g/mol. The number of morpholine rings is 1. The molecule has 0 spiro atoms. The molecule has 164 valence electrons. The third-order valence-corrected chi connectivity index (χ3v) is 5.70. The summed E-state index contributed by atoms with van der Waals surface area (Å²) in [6, 6.07) is 8.81. The molecule has 6 nitrogen and oxygen atoms in total. The maximum atomic E-state index is 12.5. The number of benzene rings is 1. The molecule has 0 saturated carbocycles. The van der Waals surface area contributed by atoms with Crippen LogP contribution in [0.25, 0.3) is 0 Å². The molecule has 1 saturated heterocycles. The average molecular weight is 443 g/mol. The number of ether oxygens (including phenoxy) is 2. The Balaban J connectivity index is 1.54. The van der Waals surface area contributed by atoms with Gasteiger partial charge in [-0.05, 0) is 42.6 Å². The first-order valence-corrected chi connectivity index (χ1v) is 10.4. The number of nitrogens with one attached hydrogen (secondary N) is 2. The van der Waals surface area contributed by atoms with Crippen LogP contribution in [-0.2, 0) is 9.53 Å². The number of thiophene rings is 1. The van der Waals surface area contributed by atoms with Gasteiger partial charge in [-0.25, -0.2) is 0 Å². The van der Waals surface area contributed by atoms with E-state index in [0.29, 0.717) is 25.4 Å². The Morgan fingerprint density at radius 1 is 1.23 bits per heavy atom. The van der Waals surface area contributed by atoms with Crippen molar-refractivity contribution in [2.45, 2.75) is 25.4 Å². The second-order valence-electron chi connectivity index (χ2n) is 6.87. The Kier molecular flexibility index (Phi) is 7.70. The summed E-state index contributed by atoms with van der Waals surface area (Å²) in [6.07, 6.45) is -4.75. The van der Waals surface area contributed by atoms with Gasteiger partial charge in [0.05, 0.1) is 25.3 Å². The molecule has 1 aromatic carbocycles. The van der Waals surface area contributed by atoms with E-state index in [1.54, 1.807) is 18.3 Å². The van der Waals surface area contributed by atoms with Gasteiger partial charge in [-0.2, -0.15) is 0 Å². The number of amides is 1. The fourth-order valence-corrected chi connectivity index (χ4v) is 4.01. The van der Waals surface area contributed by atoms with E-state index in [1.165, 1.54) is 17.0 Å². The Hall–Kier alpha value is -2.14. The first-order valence-electron chi connectivity index (χ1n) is 9.57. The Morgan fingerprint density at radius 2 is 1.93 bits per heavy atom. The van der Waals surface area contributed by atoms with Crippen molar-refractivity contribution in [2.24, 2.45) is 0 Å². The van der Waals surface area contributed by atoms with E-state index in [-0.39, 0.29) is 17.7 Å². The van der Waals surface area contributed by atoms with Gasteiger partial charge >= 0.3 is 6.36 Å². The predicted octanol–water partition coefficient (Wildman–Crippen LogP) is 3.64. The molecule has 1 fully saturated rings. The maximum Gasteiger partial charge on any atom is 0.573 e. The SMILES string of the molecule is CC(NCC(c1cccs1)N1CCOCC1)C(=O)Nc1ccc(OC(F)(F)F)cc1. The molecule has 2 unspecified atom stereocenters. The number of hydrogen-bond acceptors (Lipinski definition) is 6. The molecule has 2 heterocycles. The number of hydrogen-bond donors (Lipinski definition) is 2. The summed E-state index contributed by atoms with van der Waals surface area (Å²) < 4.78 is 46.0. The summed E-state index contributed by atoms with van der Waals surface area (Å²) in [5.41, 5.74) is 0.395. The number of halogens is 3. The van der Waals surface area contributed by atoms with Gasteiger partial charge in [-0.1, -0.05) is 6.07 Å². The number of anilines is 1. The van der Waals surface area contributed by atoms with Crippen LogP contribution >= 0.6 is 11.3 Å². The summed E-state index contributed by atoms with van der Waals surface area (Å²) in [7, 11) is 0. The van der Waals surface area contributed by atoms with Gasteiger partial charge in [0, 0.05) is 30.2 Å². The van der Waals surface area contributed by atoms with Gasteiger partial charge in [-0.3, -0.25) is 9.69 Å². The lowest BCUT2D eigenvalue weighted by atomic mass is 10.1. The summed E-state index contributed by atoms with van der Waals surface area (Å²) >= 11 is 1.68. The van der Waals surface area contributed by atoms with E-state index in [0.717, 1.165) is 25.2 Å². The van der Waals surface area contributed by atoms with Crippen LogP contribution < -0.4 is 15.4 Å². The molecule has 2 aromatic rings. The van der Waals surface area contributed by atoms with Gasteiger partial charge in [0.2, 0.25) is 5.91 Å². The zero-order chi connectivity index (χ0) is 21.6. The second kappa shape index (κ2) is 10.3. The normalized spacial score (nSPS) is 17.3. The Bertz CT molecular complexity index is 794. The van der Waals surface area contributed by atoms with Gasteiger partial charge in [0.25, 0.3) is 0 Å². The monoisotopic (exact) mass is 443 g/mol. The minimum Gasteiger partial charge on any atom is -0.406 e. The van der Waals surface area contributed by atoms with Crippen molar-refractivity contribution in [3.8, 4) is 5.75 Å². The fraction of sp³-hybridized carbons (Fsp3) is 0.450. The standard InChI is InChI=1S/C20H24F3N3O3S/c1-14(19(27)25-15-4-6-16(7-5-15)29-20(21,22)23)24-13-17(18-3-2-12-30-18)26-8-10-28-11-9-26/h2-7,12,14,17,24H,8-11,13H2,1H3,(H,25,27). The molecule has 0 aliphatic carbocycles. The van der Waals surface area contributed by atoms with Crippen molar-refractivity contribution < 1.29 is 27.4 Å². The molecule has 0 bridgehead atoms. The number of rotatable bonds is 8. The highest BCUT2D eigenvalue weighted by Gasteiger charge is 2.31. The van der Waals surface area contributed by atoms with Crippen LogP contribution in [0, 0.1) is 0 Å². The number of carbonyl (C=O) groups is 1. The number of carbonyl (C=O) groups excluding carboxylic acids is 1. The third-order valence-electron chi connectivity index (χ3n) is 4.72. The number of alkyl halides is 3. The van der Waals surface area contributed by atoms with E-state index in [1.807, 2.05) is 11.4 Å². The molecule has 1 aliphatic rings. The quantitative estimate of drug-likeness (QED) is 0.652. The van der Waals surface area contributed by atoms with Crippen LogP contribution in [0.3, 0.4) is 0 Å². The van der Waals surface area contributed by atoms with Crippen LogP contribution in [-0.4, -0.2) is 56.1 Å². The number of nitrogens with zero attached hydrogens (tertiary/aromatic N) is 1. The van der Waals surface area contributed by atoms with Gasteiger partial charge < -0.3 is 20.1 Å². The minimum absolute atomic E-state index is 0.142. The fourth-order valence-electron chi connectivity index (χ4n) is 3.15. The van der Waals surface area contributed by atoms with E-state index >= 15 is 0 Å². The van der Waals surface area contributed by atoms with Crippen molar-refractivity contribution in [3.63, 3.8) is 0 Å². The summed E-state index contributed by atoms with van der Waals surface area (Å²) in [5.74, 6) is -0.609. The van der Waals surface area contributed by atoms with Gasteiger partial charge in [0.15, 0.2) is 0 Å². The largest absolute Gasteiger partial charge is 0.573 e. The smallest absolute Gasteiger partial charge is 0.406 e. The van der Waals surface area contributed by atoms with E-state index in [2.05, 4.69) is 26.3 Å². The molecule has 10 heteroatoms. The molecule has 3 rings (SSSR count). The van der Waals surface area contributed by atoms with Gasteiger partial charge in [0.1, 0.15) is 5.75 Å². The third kappa shape index (κ3) is 6.69. The maximum absolute atomic E-state index is 12.5. The lowest BCUT2D eigenvalue weighted by Crippen LogP contribution is -2.46. The topological polar surface area (TPSA) is 62.8 Å². The van der Waals surface area contributed by atoms with E-state index in [9.17, 15) is 18.0 Å². The molecule has 1 amide bonds. The minimum atomic E-state index is -4.75. The first-order chi connectivity index (χ1) is 14.3. The summed E-state index contributed by atoms with van der Waals surface area (Å²) in [4.78, 5) is 16.0. The highest BCUT2D eigenvalue weighted by Crippen LogP contribution is 2.26. The Labute approximate surface area is 177 Å². The van der Waals surface area contributed by atoms with Crippen LogP contribution in [0.4, 0.5) is 18.9 Å². The summed E-state index contributed by atoms with van der Waals surface area (Å²) in [6.45, 7) is 5.38.